The van der Waals surface area contributed by atoms with E-state index in [2.05, 4.69) is 90.6 Å². The van der Waals surface area contributed by atoms with Crippen LogP contribution in [0.25, 0.3) is 0 Å². The molecule has 8 N–H and O–H groups in total. The van der Waals surface area contributed by atoms with Crippen molar-refractivity contribution in [3.63, 3.8) is 0 Å². The van der Waals surface area contributed by atoms with Gasteiger partial charge < -0.3 is 42.3 Å². The van der Waals surface area contributed by atoms with Gasteiger partial charge in [0, 0.05) is 44.1 Å². The van der Waals surface area contributed by atoms with Gasteiger partial charge in [-0.2, -0.15) is 0 Å². The third kappa shape index (κ3) is 31.5. The average molecular weight is 800 g/mol. The van der Waals surface area contributed by atoms with Gasteiger partial charge in [-0.1, -0.05) is 20.3 Å². The zero-order valence-electron chi connectivity index (χ0n) is 39.7. The van der Waals surface area contributed by atoms with Gasteiger partial charge in [0.2, 0.25) is 0 Å². The Labute approximate surface area is 349 Å². The predicted octanol–water partition coefficient (Wildman–Crippen LogP) is 7.00. The number of aliphatic hydroxyl groups is 1. The minimum Gasteiger partial charge on any atom is -0.395 e. The lowest BCUT2D eigenvalue weighted by molar-refractivity contribution is 0.145. The molecule has 0 spiro atoms. The van der Waals surface area contributed by atoms with Crippen molar-refractivity contribution in [1.29, 1.82) is 0 Å². The number of hydrogen-bond acceptors (Lipinski definition) is 9. The molecule has 0 amide bonds. The predicted molar refractivity (Wildman–Crippen MR) is 243 cm³/mol. The maximum atomic E-state index is 12.8. The Bertz CT molecular complexity index is 833. The summed E-state index contributed by atoms with van der Waals surface area (Å²) in [5.41, 5.74) is -0.488. The van der Waals surface area contributed by atoms with Crippen molar-refractivity contribution < 1.29 is 10.9 Å². The van der Waals surface area contributed by atoms with Crippen molar-refractivity contribution in [2.75, 3.05) is 85.1 Å². The Kier molecular flexibility index (Phi) is 30.8. The molecule has 8 aliphatic heterocycles. The topological polar surface area (TPSA) is 108 Å². The van der Waals surface area contributed by atoms with Gasteiger partial charge in [0.05, 0.1) is 6.61 Å². The molecular formula is C46H99FN8O. The van der Waals surface area contributed by atoms with Gasteiger partial charge in [0.15, 0.2) is 0 Å². The molecule has 0 unspecified atom stereocenters. The second kappa shape index (κ2) is 33.3. The molecule has 0 radical (unpaired) electrons. The van der Waals surface area contributed by atoms with Gasteiger partial charge in [0.1, 0.15) is 5.67 Å². The van der Waals surface area contributed by atoms with Gasteiger partial charge >= 0.3 is 0 Å². The Morgan fingerprint density at radius 3 is 1.45 bits per heavy atom. The summed E-state index contributed by atoms with van der Waals surface area (Å²) in [6.07, 6.45) is 20.3. The van der Waals surface area contributed by atoms with Crippen LogP contribution in [0, 0.1) is 11.8 Å². The van der Waals surface area contributed by atoms with Crippen LogP contribution in [-0.2, 0) is 0 Å². The van der Waals surface area contributed by atoms with Crippen molar-refractivity contribution in [1.82, 2.24) is 42.1 Å². The molecule has 0 aromatic rings. The summed E-state index contributed by atoms with van der Waals surface area (Å²) in [5.74, 6) is 1.86. The molecule has 0 aromatic heterocycles. The first-order chi connectivity index (χ1) is 27.0. The highest BCUT2D eigenvalue weighted by Gasteiger charge is 2.25. The lowest BCUT2D eigenvalue weighted by atomic mass is 9.99. The molecule has 0 aliphatic carbocycles. The van der Waals surface area contributed by atoms with E-state index < -0.39 is 5.67 Å². The number of rotatable bonds is 2. The van der Waals surface area contributed by atoms with Crippen LogP contribution in [0.1, 0.15) is 166 Å². The molecule has 56 heavy (non-hydrogen) atoms. The number of hydrogen-bond donors (Lipinski definition) is 8. The van der Waals surface area contributed by atoms with Crippen LogP contribution >= 0.6 is 0 Å². The number of likely N-dealkylation sites (tertiary alicyclic amines) is 1. The minimum absolute atomic E-state index is 0.306. The summed E-state index contributed by atoms with van der Waals surface area (Å²) >= 11 is 0. The van der Waals surface area contributed by atoms with Gasteiger partial charge in [-0.3, -0.25) is 4.90 Å². The van der Waals surface area contributed by atoms with Gasteiger partial charge in [-0.15, -0.1) is 0 Å². The first kappa shape index (κ1) is 51.7. The molecule has 8 aliphatic rings. The number of piperidine rings is 3. The zero-order valence-corrected chi connectivity index (χ0v) is 38.7. The fraction of sp³-hybridized carbons (Fsp3) is 1.00. The van der Waals surface area contributed by atoms with E-state index in [0.717, 1.165) is 62.8 Å². The van der Waals surface area contributed by atoms with Crippen LogP contribution in [0.5, 0.6) is 0 Å². The molecule has 10 heteroatoms. The molecule has 8 heterocycles. The standard InChI is InChI=1S/C7H15NO.C6H12FN.3C6H13N.3C5H11N/c1-7-3-2-4-8(7)5-6-9;1-6(7)3-2-4-8-5-6;1-6(2)4-3-5-7-6;1-6-3-2-4-7-5-6;1-6-4-2-3-5-7-6;1-5-2-3-6-4-5;2*1-5-3-2-4-6-5/h7,9H,2-6H2,1H3;8H,2-5H2,1H3;7H,3-5H2,1-2H3;2*6-7H,2-5H2,1H3;3*5-6H,2-4H2,1H3/t7-;6-;;2*6-;3*5-/m10.01111/s1/i;;;;;;5D;. The molecule has 8 rings (SSSR count). The summed E-state index contributed by atoms with van der Waals surface area (Å²) in [7, 11) is 0. The van der Waals surface area contributed by atoms with Crippen LogP contribution in [0.4, 0.5) is 4.39 Å². The van der Waals surface area contributed by atoms with E-state index >= 15 is 0 Å². The van der Waals surface area contributed by atoms with Crippen LogP contribution in [0.2, 0.25) is 0 Å². The van der Waals surface area contributed by atoms with Crippen molar-refractivity contribution in [2.45, 2.75) is 200 Å². The fourth-order valence-corrected chi connectivity index (χ4v) is 7.97. The van der Waals surface area contributed by atoms with Gasteiger partial charge in [0.25, 0.3) is 0 Å². The Hall–Kier alpha value is -0.430. The second-order valence-corrected chi connectivity index (χ2v) is 19.1. The van der Waals surface area contributed by atoms with E-state index in [1.807, 2.05) is 6.92 Å². The number of nitrogens with one attached hydrogen (secondary N) is 7. The Morgan fingerprint density at radius 1 is 0.607 bits per heavy atom. The van der Waals surface area contributed by atoms with E-state index in [1.54, 1.807) is 6.92 Å². The SMILES string of the molecule is CC1(C)CCCN1.C[C@@H]1CCCCN1.C[C@@H]1CCCN1.C[C@@H]1CCCN1CCO.C[C@@H]1CCNC1.C[C@H]1CCCNC1.C[C@]1(F)CCCNC1.[2H][C@@]1(C)CCCN1. The molecule has 0 aromatic carbocycles. The number of halogens is 1. The number of alkyl halides is 1. The molecule has 8 saturated heterocycles. The molecular weight excluding hydrogens is 700 g/mol. The molecule has 0 bridgehead atoms. The van der Waals surface area contributed by atoms with Gasteiger partial charge in [-0.05, 0) is 222 Å². The Balaban J connectivity index is 0.000000327. The van der Waals surface area contributed by atoms with Crippen LogP contribution in [-0.4, -0.2) is 131 Å². The van der Waals surface area contributed by atoms with E-state index in [4.69, 9.17) is 6.48 Å². The van der Waals surface area contributed by atoms with Crippen LogP contribution in [0.15, 0.2) is 0 Å². The smallest absolute Gasteiger partial charge is 0.120 e. The molecule has 9 nitrogen and oxygen atoms in total. The lowest BCUT2D eigenvalue weighted by Crippen LogP contribution is -2.39. The van der Waals surface area contributed by atoms with Crippen molar-refractivity contribution in [2.24, 2.45) is 11.8 Å². The molecule has 0 saturated carbocycles. The molecule has 336 valence electrons. The van der Waals surface area contributed by atoms with Crippen LogP contribution in [0.3, 0.4) is 0 Å². The van der Waals surface area contributed by atoms with Crippen molar-refractivity contribution >= 4 is 0 Å². The maximum absolute atomic E-state index is 12.8. The zero-order chi connectivity index (χ0) is 42.4. The van der Waals surface area contributed by atoms with Crippen LogP contribution < -0.4 is 37.2 Å². The minimum atomic E-state index is -0.932. The quantitative estimate of drug-likeness (QED) is 0.150. The van der Waals surface area contributed by atoms with E-state index in [9.17, 15) is 4.39 Å². The number of nitrogens with zero attached hydrogens (tertiary/aromatic N) is 1. The fourth-order valence-electron chi connectivity index (χ4n) is 7.97. The molecule has 8 fully saturated rings. The summed E-state index contributed by atoms with van der Waals surface area (Å²) in [4.78, 5) is 2.33. The number of β-amino-alcohol motifs (C(OH)–C–C–N with tert-alkyl or cyclic N) is 1. The van der Waals surface area contributed by atoms with Crippen molar-refractivity contribution in [3.8, 4) is 0 Å². The van der Waals surface area contributed by atoms with E-state index in [-0.39, 0.29) is 6.02 Å². The van der Waals surface area contributed by atoms with Crippen molar-refractivity contribution in [3.05, 3.63) is 0 Å². The maximum Gasteiger partial charge on any atom is 0.120 e. The van der Waals surface area contributed by atoms with E-state index in [0.29, 0.717) is 24.7 Å². The largest absolute Gasteiger partial charge is 0.395 e. The highest BCUT2D eigenvalue weighted by atomic mass is 19.1. The van der Waals surface area contributed by atoms with Gasteiger partial charge in [-0.25, -0.2) is 4.39 Å². The Morgan fingerprint density at radius 2 is 1.20 bits per heavy atom. The second-order valence-electron chi connectivity index (χ2n) is 19.1. The lowest BCUT2D eigenvalue weighted by Gasteiger charge is -2.25. The van der Waals surface area contributed by atoms with E-state index in [1.165, 1.54) is 136 Å². The highest BCUT2D eigenvalue weighted by molar-refractivity contribution is 4.83. The summed E-state index contributed by atoms with van der Waals surface area (Å²) < 4.78 is 20.2. The third-order valence-corrected chi connectivity index (χ3v) is 12.1. The number of aliphatic hydroxyl groups excluding tert-OH is 1. The first-order valence-electron chi connectivity index (χ1n) is 24.2. The average Bonchev–Trinajstić information content (AvgIpc) is 4.04. The first-order valence-corrected chi connectivity index (χ1v) is 23.7. The normalized spacial score (nSPS) is 34.8. The highest BCUT2D eigenvalue weighted by Crippen LogP contribution is 2.19. The monoisotopic (exact) mass is 800 g/mol. The summed E-state index contributed by atoms with van der Waals surface area (Å²) in [5, 5.41) is 31.4. The third-order valence-electron chi connectivity index (χ3n) is 12.1. The summed E-state index contributed by atoms with van der Waals surface area (Å²) in [6, 6.07) is 1.98. The molecule has 7 atom stereocenters. The summed E-state index contributed by atoms with van der Waals surface area (Å²) in [6.45, 7) is 32.9.